The van der Waals surface area contributed by atoms with E-state index in [4.69, 9.17) is 0 Å². The van der Waals surface area contributed by atoms with E-state index in [2.05, 4.69) is 15.5 Å². The number of para-hydroxylation sites is 1. The minimum atomic E-state index is -0.520. The number of nitro benzene ring substituents is 1. The van der Waals surface area contributed by atoms with Crippen LogP contribution in [-0.4, -0.2) is 23.3 Å². The molecule has 1 amide bonds. The molecule has 0 heterocycles. The second-order valence-electron chi connectivity index (χ2n) is 5.76. The van der Waals surface area contributed by atoms with Crippen molar-refractivity contribution in [2.45, 2.75) is 0 Å². The zero-order valence-corrected chi connectivity index (χ0v) is 14.7. The molecule has 3 aromatic carbocycles. The second-order valence-corrected chi connectivity index (χ2v) is 5.76. The zero-order chi connectivity index (χ0) is 19.8. The number of nitro groups is 1. The van der Waals surface area contributed by atoms with Crippen LogP contribution in [0.25, 0.3) is 0 Å². The van der Waals surface area contributed by atoms with Crippen LogP contribution < -0.4 is 5.43 Å². The number of hydrogen-bond acceptors (Lipinski definition) is 5. The van der Waals surface area contributed by atoms with Gasteiger partial charge in [0.1, 0.15) is 0 Å². The molecule has 0 aromatic heterocycles. The Hall–Kier alpha value is -4.13. The van der Waals surface area contributed by atoms with E-state index < -0.39 is 10.8 Å². The summed E-state index contributed by atoms with van der Waals surface area (Å²) in [6.07, 6.45) is 3.29. The van der Waals surface area contributed by atoms with Crippen LogP contribution in [-0.2, 0) is 0 Å². The molecule has 0 atom stereocenters. The first kappa shape index (κ1) is 18.7. The molecule has 0 saturated heterocycles. The zero-order valence-electron chi connectivity index (χ0n) is 14.7. The van der Waals surface area contributed by atoms with Crippen molar-refractivity contribution in [1.29, 1.82) is 0 Å². The average molecular weight is 372 g/mol. The number of amides is 1. The van der Waals surface area contributed by atoms with Crippen molar-refractivity contribution in [3.63, 3.8) is 0 Å². The largest absolute Gasteiger partial charge is 0.271 e. The molecule has 0 radical (unpaired) electrons. The Morgan fingerprint density at radius 2 is 1.46 bits per heavy atom. The maximum atomic E-state index is 12.0. The standard InChI is InChI=1S/C21H16N4O3/c26-21(18-10-12-20(13-11-18)25(27)28)24-23-15-17-8-6-16(7-9-17)14-22-19-4-2-1-3-5-19/h1-15H,(H,24,26). The minimum absolute atomic E-state index is 0.0732. The van der Waals surface area contributed by atoms with E-state index in [9.17, 15) is 14.9 Å². The predicted octanol–water partition coefficient (Wildman–Crippen LogP) is 4.11. The van der Waals surface area contributed by atoms with Crippen LogP contribution in [0.15, 0.2) is 89.0 Å². The number of rotatable bonds is 6. The van der Waals surface area contributed by atoms with Gasteiger partial charge in [-0.05, 0) is 35.4 Å². The lowest BCUT2D eigenvalue weighted by molar-refractivity contribution is -0.384. The van der Waals surface area contributed by atoms with Gasteiger partial charge in [-0.25, -0.2) is 5.43 Å². The average Bonchev–Trinajstić information content (AvgIpc) is 2.74. The summed E-state index contributed by atoms with van der Waals surface area (Å²) in [4.78, 5) is 26.5. The Bertz CT molecular complexity index is 1010. The maximum absolute atomic E-state index is 12.0. The quantitative estimate of drug-likeness (QED) is 0.400. The SMILES string of the molecule is O=C(NN=Cc1ccc(C=Nc2ccccc2)cc1)c1ccc([N+](=O)[O-])cc1. The number of hydrogen-bond donors (Lipinski definition) is 1. The van der Waals surface area contributed by atoms with Gasteiger partial charge in [0.15, 0.2) is 0 Å². The Morgan fingerprint density at radius 1 is 0.857 bits per heavy atom. The molecular weight excluding hydrogens is 356 g/mol. The van der Waals surface area contributed by atoms with Crippen LogP contribution in [0, 0.1) is 10.1 Å². The summed E-state index contributed by atoms with van der Waals surface area (Å²) >= 11 is 0. The molecule has 3 rings (SSSR count). The number of benzene rings is 3. The van der Waals surface area contributed by atoms with Crippen molar-refractivity contribution >= 4 is 29.7 Å². The van der Waals surface area contributed by atoms with Crippen LogP contribution in [0.3, 0.4) is 0 Å². The summed E-state index contributed by atoms with van der Waals surface area (Å²) in [5.74, 6) is -0.447. The smallest absolute Gasteiger partial charge is 0.267 e. The first-order chi connectivity index (χ1) is 13.6. The highest BCUT2D eigenvalue weighted by Gasteiger charge is 2.08. The number of carbonyl (C=O) groups excluding carboxylic acids is 1. The van der Waals surface area contributed by atoms with Crippen LogP contribution in [0.2, 0.25) is 0 Å². The van der Waals surface area contributed by atoms with Crippen molar-refractivity contribution in [3.05, 3.63) is 106 Å². The molecule has 0 saturated carbocycles. The van der Waals surface area contributed by atoms with Gasteiger partial charge in [-0.1, -0.05) is 42.5 Å². The summed E-state index contributed by atoms with van der Waals surface area (Å²) < 4.78 is 0. The van der Waals surface area contributed by atoms with Gasteiger partial charge in [0, 0.05) is 23.9 Å². The number of nitrogens with zero attached hydrogens (tertiary/aromatic N) is 3. The van der Waals surface area contributed by atoms with Crippen LogP contribution in [0.1, 0.15) is 21.5 Å². The van der Waals surface area contributed by atoms with Crippen LogP contribution >= 0.6 is 0 Å². The number of aliphatic imine (C=N–C) groups is 1. The van der Waals surface area contributed by atoms with Crippen LogP contribution in [0.5, 0.6) is 0 Å². The van der Waals surface area contributed by atoms with Crippen molar-refractivity contribution in [3.8, 4) is 0 Å². The fourth-order valence-electron chi connectivity index (χ4n) is 2.30. The van der Waals surface area contributed by atoms with E-state index in [1.807, 2.05) is 54.6 Å². The molecule has 3 aromatic rings. The molecule has 0 fully saturated rings. The van der Waals surface area contributed by atoms with Crippen molar-refractivity contribution in [2.75, 3.05) is 0 Å². The fourth-order valence-corrected chi connectivity index (χ4v) is 2.30. The summed E-state index contributed by atoms with van der Waals surface area (Å²) in [5, 5.41) is 14.5. The molecule has 1 N–H and O–H groups in total. The molecule has 0 spiro atoms. The van der Waals surface area contributed by atoms with E-state index in [0.717, 1.165) is 16.8 Å². The molecule has 7 nitrogen and oxygen atoms in total. The van der Waals surface area contributed by atoms with Gasteiger partial charge in [0.2, 0.25) is 0 Å². The number of hydrazone groups is 1. The van der Waals surface area contributed by atoms with E-state index in [-0.39, 0.29) is 11.3 Å². The summed E-state index contributed by atoms with van der Waals surface area (Å²) in [5.41, 5.74) is 5.23. The third-order valence-corrected chi connectivity index (χ3v) is 3.78. The third kappa shape index (κ3) is 5.18. The molecule has 0 bridgehead atoms. The monoisotopic (exact) mass is 372 g/mol. The Kier molecular flexibility index (Phi) is 5.99. The highest BCUT2D eigenvalue weighted by Crippen LogP contribution is 2.12. The number of non-ortho nitro benzene ring substituents is 1. The van der Waals surface area contributed by atoms with Gasteiger partial charge in [-0.15, -0.1) is 0 Å². The fraction of sp³-hybridized carbons (Fsp3) is 0. The molecule has 138 valence electrons. The lowest BCUT2D eigenvalue weighted by atomic mass is 10.1. The Labute approximate surface area is 161 Å². The van der Waals surface area contributed by atoms with E-state index in [1.165, 1.54) is 30.5 Å². The molecule has 28 heavy (non-hydrogen) atoms. The minimum Gasteiger partial charge on any atom is -0.267 e. The topological polar surface area (TPSA) is 97.0 Å². The van der Waals surface area contributed by atoms with Gasteiger partial charge in [0.25, 0.3) is 11.6 Å². The number of carbonyl (C=O) groups is 1. The summed E-state index contributed by atoms with van der Waals surface area (Å²) in [7, 11) is 0. The van der Waals surface area contributed by atoms with Gasteiger partial charge in [-0.3, -0.25) is 19.9 Å². The summed E-state index contributed by atoms with van der Waals surface area (Å²) in [6.45, 7) is 0. The molecule has 0 aliphatic rings. The molecule has 7 heteroatoms. The maximum Gasteiger partial charge on any atom is 0.271 e. The lowest BCUT2D eigenvalue weighted by Crippen LogP contribution is -2.17. The van der Waals surface area contributed by atoms with Gasteiger partial charge < -0.3 is 0 Å². The second kappa shape index (κ2) is 9.00. The Morgan fingerprint density at radius 3 is 2.07 bits per heavy atom. The van der Waals surface area contributed by atoms with Gasteiger partial charge in [-0.2, -0.15) is 5.10 Å². The van der Waals surface area contributed by atoms with Gasteiger partial charge >= 0.3 is 0 Å². The normalized spacial score (nSPS) is 11.0. The predicted molar refractivity (Wildman–Crippen MR) is 108 cm³/mol. The first-order valence-corrected chi connectivity index (χ1v) is 8.39. The molecule has 0 unspecified atom stereocenters. The number of nitrogens with one attached hydrogen (secondary N) is 1. The molecule has 0 aliphatic heterocycles. The highest BCUT2D eigenvalue weighted by molar-refractivity contribution is 5.95. The summed E-state index contributed by atoms with van der Waals surface area (Å²) in [6, 6.07) is 22.4. The van der Waals surface area contributed by atoms with Gasteiger partial charge in [0.05, 0.1) is 16.8 Å². The van der Waals surface area contributed by atoms with Crippen LogP contribution in [0.4, 0.5) is 11.4 Å². The first-order valence-electron chi connectivity index (χ1n) is 8.39. The Balaban J connectivity index is 1.56. The van der Waals surface area contributed by atoms with Crippen molar-refractivity contribution in [2.24, 2.45) is 10.1 Å². The van der Waals surface area contributed by atoms with E-state index in [1.54, 1.807) is 6.21 Å². The third-order valence-electron chi connectivity index (χ3n) is 3.78. The van der Waals surface area contributed by atoms with Crippen molar-refractivity contribution < 1.29 is 9.72 Å². The highest BCUT2D eigenvalue weighted by atomic mass is 16.6. The molecule has 0 aliphatic carbocycles. The molecular formula is C21H16N4O3. The van der Waals surface area contributed by atoms with Crippen molar-refractivity contribution in [1.82, 2.24) is 5.43 Å². The van der Waals surface area contributed by atoms with E-state index >= 15 is 0 Å². The van der Waals surface area contributed by atoms with E-state index in [0.29, 0.717) is 0 Å². The lowest BCUT2D eigenvalue weighted by Gasteiger charge is -2.00.